The van der Waals surface area contributed by atoms with Crippen molar-refractivity contribution in [2.75, 3.05) is 5.73 Å². The van der Waals surface area contributed by atoms with Crippen molar-refractivity contribution in [1.29, 1.82) is 0 Å². The highest BCUT2D eigenvalue weighted by molar-refractivity contribution is 5.91. The maximum Gasteiger partial charge on any atom is 0.217 e. The number of aromatic nitrogens is 3. The number of nitrogen functional groups attached to an aromatic ring is 1. The monoisotopic (exact) mass is 261 g/mol. The molecule has 6 nitrogen and oxygen atoms in total. The lowest BCUT2D eigenvalue weighted by Gasteiger charge is -2.07. The fraction of sp³-hybridized carbons (Fsp3) is 0.462. The van der Waals surface area contributed by atoms with Gasteiger partial charge in [-0.25, -0.2) is 9.97 Å². The van der Waals surface area contributed by atoms with Crippen LogP contribution in [0.5, 0.6) is 0 Å². The van der Waals surface area contributed by atoms with Gasteiger partial charge in [0.05, 0.1) is 5.39 Å². The number of amides is 1. The molecular weight excluding hydrogens is 242 g/mol. The largest absolute Gasteiger partial charge is 0.383 e. The topological polar surface area (TPSA) is 99.8 Å². The Morgan fingerprint density at radius 3 is 2.58 bits per heavy atom. The van der Waals surface area contributed by atoms with Gasteiger partial charge in [0.1, 0.15) is 17.3 Å². The Morgan fingerprint density at radius 2 is 1.95 bits per heavy atom. The Labute approximate surface area is 111 Å². The van der Waals surface area contributed by atoms with Crippen LogP contribution in [0.2, 0.25) is 0 Å². The predicted octanol–water partition coefficient (Wildman–Crippen LogP) is 1.20. The van der Waals surface area contributed by atoms with E-state index in [1.807, 2.05) is 20.8 Å². The SMILES string of the molecule is Cc1nc(N)c2c(C)c(C)n(CCCC(N)=O)c2n1. The molecule has 0 aliphatic heterocycles. The first-order valence-corrected chi connectivity index (χ1v) is 6.29. The summed E-state index contributed by atoms with van der Waals surface area (Å²) in [5.41, 5.74) is 14.2. The smallest absolute Gasteiger partial charge is 0.217 e. The summed E-state index contributed by atoms with van der Waals surface area (Å²) in [6.07, 6.45) is 1.07. The van der Waals surface area contributed by atoms with Crippen LogP contribution in [0.25, 0.3) is 11.0 Å². The van der Waals surface area contributed by atoms with E-state index in [1.165, 1.54) is 0 Å². The van der Waals surface area contributed by atoms with E-state index >= 15 is 0 Å². The molecule has 0 aliphatic rings. The lowest BCUT2D eigenvalue weighted by Crippen LogP contribution is -2.12. The number of anilines is 1. The number of hydrogen-bond donors (Lipinski definition) is 2. The molecule has 0 fully saturated rings. The van der Waals surface area contributed by atoms with Gasteiger partial charge in [0, 0.05) is 18.7 Å². The quantitative estimate of drug-likeness (QED) is 0.863. The molecule has 19 heavy (non-hydrogen) atoms. The molecule has 0 aliphatic carbocycles. The highest BCUT2D eigenvalue weighted by Gasteiger charge is 2.15. The molecule has 0 saturated carbocycles. The maximum atomic E-state index is 10.8. The molecule has 0 bridgehead atoms. The van der Waals surface area contributed by atoms with E-state index < -0.39 is 0 Å². The lowest BCUT2D eigenvalue weighted by atomic mass is 10.2. The summed E-state index contributed by atoms with van der Waals surface area (Å²) in [5.74, 6) is 0.881. The Balaban J connectivity index is 2.48. The minimum Gasteiger partial charge on any atom is -0.383 e. The van der Waals surface area contributed by atoms with E-state index in [-0.39, 0.29) is 5.91 Å². The first kappa shape index (κ1) is 13.3. The van der Waals surface area contributed by atoms with Gasteiger partial charge in [-0.05, 0) is 32.8 Å². The zero-order valence-corrected chi connectivity index (χ0v) is 11.5. The molecule has 2 rings (SSSR count). The standard InChI is InChI=1S/C13H19N5O/c1-7-8(2)18(6-4-5-10(14)19)13-11(7)12(15)16-9(3)17-13/h4-6H2,1-3H3,(H2,14,19)(H2,15,16,17). The summed E-state index contributed by atoms with van der Waals surface area (Å²) in [6.45, 7) is 6.56. The van der Waals surface area contributed by atoms with E-state index in [9.17, 15) is 4.79 Å². The second kappa shape index (κ2) is 4.87. The molecule has 0 atom stereocenters. The van der Waals surface area contributed by atoms with Crippen molar-refractivity contribution >= 4 is 22.8 Å². The number of rotatable bonds is 4. The first-order valence-electron chi connectivity index (χ1n) is 6.29. The van der Waals surface area contributed by atoms with Crippen molar-refractivity contribution in [2.45, 2.75) is 40.2 Å². The van der Waals surface area contributed by atoms with Crippen molar-refractivity contribution < 1.29 is 4.79 Å². The van der Waals surface area contributed by atoms with Gasteiger partial charge in [0.2, 0.25) is 5.91 Å². The normalized spacial score (nSPS) is 11.1. The minimum atomic E-state index is -0.281. The van der Waals surface area contributed by atoms with E-state index in [0.29, 0.717) is 31.0 Å². The molecule has 2 heterocycles. The van der Waals surface area contributed by atoms with Crippen molar-refractivity contribution in [3.05, 3.63) is 17.1 Å². The van der Waals surface area contributed by atoms with Crippen LogP contribution in [0.4, 0.5) is 5.82 Å². The summed E-state index contributed by atoms with van der Waals surface area (Å²) in [4.78, 5) is 19.5. The summed E-state index contributed by atoms with van der Waals surface area (Å²) >= 11 is 0. The number of aryl methyl sites for hydroxylation is 3. The number of fused-ring (bicyclic) bond motifs is 1. The summed E-state index contributed by atoms with van der Waals surface area (Å²) in [5, 5.41) is 0.905. The zero-order valence-electron chi connectivity index (χ0n) is 11.5. The second-order valence-corrected chi connectivity index (χ2v) is 4.79. The van der Waals surface area contributed by atoms with Crippen LogP contribution in [0.1, 0.15) is 29.9 Å². The van der Waals surface area contributed by atoms with Gasteiger partial charge < -0.3 is 16.0 Å². The molecule has 2 aromatic heterocycles. The van der Waals surface area contributed by atoms with Gasteiger partial charge in [-0.2, -0.15) is 0 Å². The zero-order chi connectivity index (χ0) is 14.2. The van der Waals surface area contributed by atoms with E-state index in [2.05, 4.69) is 14.5 Å². The Morgan fingerprint density at radius 1 is 1.26 bits per heavy atom. The highest BCUT2D eigenvalue weighted by Crippen LogP contribution is 2.27. The van der Waals surface area contributed by atoms with Crippen LogP contribution in [0, 0.1) is 20.8 Å². The Kier molecular flexibility index (Phi) is 3.42. The maximum absolute atomic E-state index is 10.8. The first-order chi connectivity index (χ1) is 8.91. The van der Waals surface area contributed by atoms with E-state index in [1.54, 1.807) is 0 Å². The van der Waals surface area contributed by atoms with Gasteiger partial charge in [0.25, 0.3) is 0 Å². The lowest BCUT2D eigenvalue weighted by molar-refractivity contribution is -0.118. The van der Waals surface area contributed by atoms with Crippen LogP contribution in [-0.4, -0.2) is 20.4 Å². The summed E-state index contributed by atoms with van der Waals surface area (Å²) < 4.78 is 2.08. The predicted molar refractivity (Wildman–Crippen MR) is 74.6 cm³/mol. The molecule has 6 heteroatoms. The summed E-state index contributed by atoms with van der Waals surface area (Å²) in [6, 6.07) is 0. The van der Waals surface area contributed by atoms with Crippen molar-refractivity contribution in [3.8, 4) is 0 Å². The molecule has 4 N–H and O–H groups in total. The molecule has 0 saturated heterocycles. The van der Waals surface area contributed by atoms with Crippen LogP contribution in [0.3, 0.4) is 0 Å². The molecule has 1 amide bonds. The molecule has 102 valence electrons. The number of carbonyl (C=O) groups is 1. The van der Waals surface area contributed by atoms with Gasteiger partial charge in [0.15, 0.2) is 0 Å². The van der Waals surface area contributed by atoms with Crippen molar-refractivity contribution in [3.63, 3.8) is 0 Å². The van der Waals surface area contributed by atoms with Gasteiger partial charge in [-0.1, -0.05) is 0 Å². The number of carbonyl (C=O) groups excluding carboxylic acids is 1. The van der Waals surface area contributed by atoms with Crippen LogP contribution >= 0.6 is 0 Å². The average molecular weight is 261 g/mol. The average Bonchev–Trinajstić information content (AvgIpc) is 2.53. The van der Waals surface area contributed by atoms with Crippen LogP contribution < -0.4 is 11.5 Å². The van der Waals surface area contributed by atoms with Gasteiger partial charge >= 0.3 is 0 Å². The molecule has 0 unspecified atom stereocenters. The fourth-order valence-corrected chi connectivity index (χ4v) is 2.36. The van der Waals surface area contributed by atoms with Crippen molar-refractivity contribution in [1.82, 2.24) is 14.5 Å². The fourth-order valence-electron chi connectivity index (χ4n) is 2.36. The number of nitrogens with zero attached hydrogens (tertiary/aromatic N) is 3. The van der Waals surface area contributed by atoms with Crippen molar-refractivity contribution in [2.24, 2.45) is 5.73 Å². The third kappa shape index (κ3) is 2.38. The van der Waals surface area contributed by atoms with Gasteiger partial charge in [-0.15, -0.1) is 0 Å². The molecule has 2 aromatic rings. The minimum absolute atomic E-state index is 0.281. The number of hydrogen-bond acceptors (Lipinski definition) is 4. The molecule has 0 aromatic carbocycles. The van der Waals surface area contributed by atoms with E-state index in [0.717, 1.165) is 22.3 Å². The molecule has 0 radical (unpaired) electrons. The Hall–Kier alpha value is -2.11. The third-order valence-corrected chi connectivity index (χ3v) is 3.41. The van der Waals surface area contributed by atoms with Crippen LogP contribution in [0.15, 0.2) is 0 Å². The molecule has 0 spiro atoms. The van der Waals surface area contributed by atoms with E-state index in [4.69, 9.17) is 11.5 Å². The third-order valence-electron chi connectivity index (χ3n) is 3.41. The second-order valence-electron chi connectivity index (χ2n) is 4.79. The van der Waals surface area contributed by atoms with Crippen LogP contribution in [-0.2, 0) is 11.3 Å². The molecular formula is C13H19N5O. The van der Waals surface area contributed by atoms with Gasteiger partial charge in [-0.3, -0.25) is 4.79 Å². The number of primary amides is 1. The summed E-state index contributed by atoms with van der Waals surface area (Å²) in [7, 11) is 0. The number of nitrogens with two attached hydrogens (primary N) is 2. The highest BCUT2D eigenvalue weighted by atomic mass is 16.1. The Bertz CT molecular complexity index is 644.